The zero-order valence-corrected chi connectivity index (χ0v) is 19.3. The fourth-order valence-corrected chi connectivity index (χ4v) is 4.98. The maximum atomic E-state index is 13.1. The minimum absolute atomic E-state index is 0.0373. The first-order chi connectivity index (χ1) is 15.3. The Morgan fingerprint density at radius 2 is 2.25 bits per heavy atom. The van der Waals surface area contributed by atoms with Crippen LogP contribution in [0.25, 0.3) is 10.2 Å². The van der Waals surface area contributed by atoms with Gasteiger partial charge in [0.25, 0.3) is 5.91 Å². The Bertz CT molecular complexity index is 1150. The van der Waals surface area contributed by atoms with Gasteiger partial charge >= 0.3 is 6.03 Å². The summed E-state index contributed by atoms with van der Waals surface area (Å²) in [4.78, 5) is 37.6. The molecule has 3 amide bonds. The van der Waals surface area contributed by atoms with Crippen molar-refractivity contribution in [2.75, 3.05) is 10.2 Å². The van der Waals surface area contributed by atoms with Gasteiger partial charge in [0.15, 0.2) is 0 Å². The van der Waals surface area contributed by atoms with Crippen molar-refractivity contribution in [2.24, 2.45) is 16.6 Å². The molecule has 0 unspecified atom stereocenters. The van der Waals surface area contributed by atoms with Gasteiger partial charge in [0.1, 0.15) is 9.71 Å². The maximum absolute atomic E-state index is 13.1. The van der Waals surface area contributed by atoms with Crippen LogP contribution in [0.5, 0.6) is 0 Å². The summed E-state index contributed by atoms with van der Waals surface area (Å²) in [7, 11) is 0. The second-order valence-corrected chi connectivity index (χ2v) is 9.49. The third-order valence-electron chi connectivity index (χ3n) is 5.91. The van der Waals surface area contributed by atoms with Crippen molar-refractivity contribution < 1.29 is 9.59 Å². The third-order valence-corrected chi connectivity index (χ3v) is 7.01. The molecule has 2 aliphatic rings. The number of pyridine rings is 1. The van der Waals surface area contributed by atoms with E-state index < -0.39 is 0 Å². The molecule has 1 fully saturated rings. The monoisotopic (exact) mass is 452 g/mol. The molecular formula is C23H28N6O2S. The van der Waals surface area contributed by atoms with Crippen LogP contribution in [-0.2, 0) is 0 Å². The minimum Gasteiger partial charge on any atom is -0.347 e. The van der Waals surface area contributed by atoms with Gasteiger partial charge in [-0.15, -0.1) is 11.3 Å². The molecule has 8 nitrogen and oxygen atoms in total. The average molecular weight is 453 g/mol. The third kappa shape index (κ3) is 4.05. The lowest BCUT2D eigenvalue weighted by Crippen LogP contribution is -2.44. The number of anilines is 2. The van der Waals surface area contributed by atoms with Crippen molar-refractivity contribution in [3.8, 4) is 0 Å². The summed E-state index contributed by atoms with van der Waals surface area (Å²) in [6.45, 7) is 9.81. The van der Waals surface area contributed by atoms with Crippen LogP contribution in [0.4, 0.5) is 16.2 Å². The summed E-state index contributed by atoms with van der Waals surface area (Å²) < 4.78 is 0. The predicted octanol–water partition coefficient (Wildman–Crippen LogP) is 4.40. The number of nitrogens with two attached hydrogens (primary N) is 1. The van der Waals surface area contributed by atoms with Gasteiger partial charge in [-0.3, -0.25) is 14.7 Å². The number of hydrogen-bond acceptors (Lipinski definition) is 6. The number of thiophene rings is 1. The molecular weight excluding hydrogens is 424 g/mol. The smallest absolute Gasteiger partial charge is 0.330 e. The van der Waals surface area contributed by atoms with Crippen LogP contribution in [0.3, 0.4) is 0 Å². The van der Waals surface area contributed by atoms with Crippen molar-refractivity contribution in [3.63, 3.8) is 0 Å². The second-order valence-electron chi connectivity index (χ2n) is 8.49. The highest BCUT2D eigenvalue weighted by atomic mass is 32.1. The van der Waals surface area contributed by atoms with Crippen molar-refractivity contribution in [1.29, 1.82) is 0 Å². The van der Waals surface area contributed by atoms with Gasteiger partial charge in [-0.05, 0) is 44.2 Å². The number of hydrogen-bond donors (Lipinski definition) is 3. The van der Waals surface area contributed by atoms with E-state index in [1.165, 1.54) is 11.3 Å². The Kier molecular flexibility index (Phi) is 6.12. The molecule has 2 aromatic heterocycles. The van der Waals surface area contributed by atoms with E-state index in [1.807, 2.05) is 20.8 Å². The van der Waals surface area contributed by atoms with Crippen LogP contribution >= 0.6 is 11.3 Å². The van der Waals surface area contributed by atoms with E-state index in [2.05, 4.69) is 27.2 Å². The first kappa shape index (κ1) is 22.2. The van der Waals surface area contributed by atoms with E-state index in [1.54, 1.807) is 29.5 Å². The number of nitrogens with zero attached hydrogens (tertiary/aromatic N) is 3. The summed E-state index contributed by atoms with van der Waals surface area (Å²) in [6, 6.07) is 1.37. The number of carbonyl (C=O) groups excluding carboxylic acids is 2. The van der Waals surface area contributed by atoms with Gasteiger partial charge in [0, 0.05) is 35.9 Å². The Labute approximate surface area is 191 Å². The molecule has 32 heavy (non-hydrogen) atoms. The summed E-state index contributed by atoms with van der Waals surface area (Å²) in [5.74, 6) is 0.0198. The van der Waals surface area contributed by atoms with Crippen molar-refractivity contribution in [1.82, 2.24) is 10.3 Å². The molecule has 2 atom stereocenters. The minimum atomic E-state index is -0.333. The topological polar surface area (TPSA) is 113 Å². The highest BCUT2D eigenvalue weighted by Crippen LogP contribution is 2.44. The van der Waals surface area contributed by atoms with E-state index in [9.17, 15) is 9.59 Å². The molecule has 4 N–H and O–H groups in total. The zero-order valence-electron chi connectivity index (χ0n) is 18.5. The first-order valence-electron chi connectivity index (χ1n) is 10.8. The van der Waals surface area contributed by atoms with E-state index in [-0.39, 0.29) is 29.9 Å². The van der Waals surface area contributed by atoms with Crippen molar-refractivity contribution >= 4 is 51.1 Å². The van der Waals surface area contributed by atoms with Crippen LogP contribution in [0, 0.1) is 5.92 Å². The quantitative estimate of drug-likeness (QED) is 0.564. The van der Waals surface area contributed by atoms with Crippen LogP contribution in [0.15, 0.2) is 41.3 Å². The molecule has 0 bridgehead atoms. The summed E-state index contributed by atoms with van der Waals surface area (Å²) in [5.41, 5.74) is 8.76. The van der Waals surface area contributed by atoms with Gasteiger partial charge in [-0.1, -0.05) is 20.4 Å². The summed E-state index contributed by atoms with van der Waals surface area (Å²) in [6.07, 6.45) is 7.84. The van der Waals surface area contributed by atoms with Gasteiger partial charge in [0.2, 0.25) is 0 Å². The largest absolute Gasteiger partial charge is 0.347 e. The molecule has 1 aliphatic carbocycles. The number of carbonyl (C=O) groups is 2. The zero-order chi connectivity index (χ0) is 23.0. The highest BCUT2D eigenvalue weighted by molar-refractivity contribution is 7.21. The molecule has 9 heteroatoms. The molecule has 0 saturated heterocycles. The van der Waals surface area contributed by atoms with E-state index in [0.717, 1.165) is 30.3 Å². The molecule has 1 aliphatic heterocycles. The lowest BCUT2D eigenvalue weighted by molar-refractivity contribution is 0.0939. The number of allylic oxidation sites excluding steroid dienone is 3. The molecule has 3 heterocycles. The molecule has 0 spiro atoms. The summed E-state index contributed by atoms with van der Waals surface area (Å²) in [5, 5.41) is 6.70. The van der Waals surface area contributed by atoms with E-state index >= 15 is 0 Å². The fourth-order valence-electron chi connectivity index (χ4n) is 3.96. The number of aliphatic imine (C=N–C) groups is 1. The SMILES string of the molecule is C=C(/N=C\C=C(/C)N1C(=O)Nc2c(C(=O)N[C@@H]3CCC[C@H]3N)sc3nccc1c23)C(C)C. The van der Waals surface area contributed by atoms with Crippen molar-refractivity contribution in [2.45, 2.75) is 52.1 Å². The Balaban J connectivity index is 1.67. The average Bonchev–Trinajstić information content (AvgIpc) is 3.32. The van der Waals surface area contributed by atoms with Crippen molar-refractivity contribution in [3.05, 3.63) is 41.2 Å². The van der Waals surface area contributed by atoms with Gasteiger partial charge < -0.3 is 16.4 Å². The molecule has 2 aromatic rings. The first-order valence-corrected chi connectivity index (χ1v) is 11.6. The molecule has 1 saturated carbocycles. The normalized spacial score (nSPS) is 21.0. The molecule has 4 rings (SSSR count). The van der Waals surface area contributed by atoms with Gasteiger partial charge in [0.05, 0.1) is 16.8 Å². The summed E-state index contributed by atoms with van der Waals surface area (Å²) >= 11 is 1.27. The lowest BCUT2D eigenvalue weighted by atomic mass is 10.1. The van der Waals surface area contributed by atoms with Crippen LogP contribution in [0.1, 0.15) is 49.7 Å². The number of amides is 3. The Morgan fingerprint density at radius 3 is 2.94 bits per heavy atom. The van der Waals surface area contributed by atoms with Crippen LogP contribution in [0.2, 0.25) is 0 Å². The van der Waals surface area contributed by atoms with E-state index in [0.29, 0.717) is 26.8 Å². The number of rotatable bonds is 6. The van der Waals surface area contributed by atoms with Crippen LogP contribution < -0.4 is 21.3 Å². The predicted molar refractivity (Wildman–Crippen MR) is 130 cm³/mol. The highest BCUT2D eigenvalue weighted by Gasteiger charge is 2.34. The molecule has 0 aromatic carbocycles. The number of aromatic nitrogens is 1. The van der Waals surface area contributed by atoms with Gasteiger partial charge in [-0.2, -0.15) is 0 Å². The lowest BCUT2D eigenvalue weighted by Gasteiger charge is -2.28. The number of urea groups is 1. The Morgan fingerprint density at radius 1 is 1.47 bits per heavy atom. The maximum Gasteiger partial charge on any atom is 0.330 e. The van der Waals surface area contributed by atoms with E-state index in [4.69, 9.17) is 5.73 Å². The molecule has 0 radical (unpaired) electrons. The van der Waals surface area contributed by atoms with Crippen LogP contribution in [-0.4, -0.2) is 35.2 Å². The number of nitrogens with one attached hydrogen (secondary N) is 2. The standard InChI is InChI=1S/C23H28N6O2S/c1-12(2)14(4)25-10-8-13(3)29-17-9-11-26-22-18(17)19(28-23(29)31)20(32-22)21(30)27-16-7-5-6-15(16)24/h8-12,15-16H,4-7,24H2,1-3H3,(H,27,30)(H,28,31)/b13-8+,25-10-/t15-,16-/m1/s1. The fraction of sp³-hybridized carbons (Fsp3) is 0.391. The second kappa shape index (κ2) is 8.84. The molecule has 168 valence electrons. The van der Waals surface area contributed by atoms with Gasteiger partial charge in [-0.25, -0.2) is 9.78 Å². The Hall–Kier alpha value is -3.04.